The van der Waals surface area contributed by atoms with Crippen molar-refractivity contribution >= 4 is 35.6 Å². The highest BCUT2D eigenvalue weighted by Crippen LogP contribution is 2.08. The Morgan fingerprint density at radius 1 is 1.19 bits per heavy atom. The van der Waals surface area contributed by atoms with E-state index in [1.807, 2.05) is 12.3 Å². The van der Waals surface area contributed by atoms with Gasteiger partial charge in [0, 0.05) is 0 Å². The summed E-state index contributed by atoms with van der Waals surface area (Å²) in [6.07, 6.45) is 4.83. The highest BCUT2D eigenvalue weighted by atomic mass is 32.2. The number of amides is 2. The summed E-state index contributed by atoms with van der Waals surface area (Å²) in [7, 11) is 0. The van der Waals surface area contributed by atoms with Crippen molar-refractivity contribution in [3.63, 3.8) is 0 Å². The Labute approximate surface area is 160 Å². The van der Waals surface area contributed by atoms with Crippen molar-refractivity contribution < 1.29 is 23.9 Å². The molecule has 0 aliphatic heterocycles. The first-order valence-corrected chi connectivity index (χ1v) is 9.53. The minimum absolute atomic E-state index is 0.0283. The summed E-state index contributed by atoms with van der Waals surface area (Å²) in [5, 5.41) is 16.1. The lowest BCUT2D eigenvalue weighted by Crippen LogP contribution is -2.50. The third-order valence-corrected chi connectivity index (χ3v) is 4.19. The molecule has 0 fully saturated rings. The van der Waals surface area contributed by atoms with Gasteiger partial charge in [-0.25, -0.2) is 0 Å². The van der Waals surface area contributed by atoms with Crippen LogP contribution >= 0.6 is 11.8 Å². The maximum atomic E-state index is 12.6. The molecule has 0 bridgehead atoms. The summed E-state index contributed by atoms with van der Waals surface area (Å²) in [5.74, 6) is -2.16. The second-order valence-electron chi connectivity index (χ2n) is 5.53. The molecule has 2 N–H and O–H groups in total. The molecular formula is C19H19N2O5S-. The topological polar surface area (TPSA) is 111 Å². The zero-order valence-corrected chi connectivity index (χ0v) is 15.5. The number of thioether (sulfide) groups is 1. The van der Waals surface area contributed by atoms with E-state index in [0.717, 1.165) is 0 Å². The van der Waals surface area contributed by atoms with Crippen LogP contribution in [-0.4, -0.2) is 35.8 Å². The molecule has 0 saturated carbocycles. The molecule has 1 heterocycles. The Morgan fingerprint density at radius 2 is 1.93 bits per heavy atom. The van der Waals surface area contributed by atoms with Crippen LogP contribution in [0.3, 0.4) is 0 Å². The van der Waals surface area contributed by atoms with Crippen molar-refractivity contribution in [1.82, 2.24) is 10.6 Å². The number of aliphatic carboxylic acids is 1. The molecule has 2 amide bonds. The van der Waals surface area contributed by atoms with Gasteiger partial charge in [0.25, 0.3) is 11.8 Å². The first-order chi connectivity index (χ1) is 13.0. The van der Waals surface area contributed by atoms with Gasteiger partial charge in [0.15, 0.2) is 5.76 Å². The van der Waals surface area contributed by atoms with Crippen LogP contribution in [0.5, 0.6) is 0 Å². The number of carboxylic acids is 1. The normalized spacial score (nSPS) is 12.3. The van der Waals surface area contributed by atoms with Gasteiger partial charge in [0.2, 0.25) is 0 Å². The van der Waals surface area contributed by atoms with Crippen molar-refractivity contribution in [2.24, 2.45) is 0 Å². The standard InChI is InChI=1S/C19H20N2O5S/c1-27-11-9-14(19(24)25)20-17(22)15(12-13-6-3-2-4-7-13)21-18(23)16-8-5-10-26-16/h2-8,10,12,14H,9,11H2,1H3,(H,20,22)(H,21,23)(H,24,25)/p-1/b15-12+/t14-/m0/s1. The highest BCUT2D eigenvalue weighted by Gasteiger charge is 2.20. The van der Waals surface area contributed by atoms with Gasteiger partial charge in [-0.05, 0) is 42.2 Å². The Kier molecular flexibility index (Phi) is 7.69. The minimum Gasteiger partial charge on any atom is -0.548 e. The van der Waals surface area contributed by atoms with Crippen molar-refractivity contribution in [1.29, 1.82) is 0 Å². The van der Waals surface area contributed by atoms with Crippen molar-refractivity contribution in [3.05, 3.63) is 65.7 Å². The summed E-state index contributed by atoms with van der Waals surface area (Å²) in [6.45, 7) is 0. The summed E-state index contributed by atoms with van der Waals surface area (Å²) in [5.41, 5.74) is 0.564. The van der Waals surface area contributed by atoms with E-state index in [9.17, 15) is 19.5 Å². The van der Waals surface area contributed by atoms with Crippen LogP contribution in [0.15, 0.2) is 58.8 Å². The molecule has 0 radical (unpaired) electrons. The van der Waals surface area contributed by atoms with Crippen molar-refractivity contribution in [2.45, 2.75) is 12.5 Å². The van der Waals surface area contributed by atoms with E-state index < -0.39 is 23.8 Å². The van der Waals surface area contributed by atoms with Crippen LogP contribution in [0.25, 0.3) is 6.08 Å². The first-order valence-electron chi connectivity index (χ1n) is 8.13. The van der Waals surface area contributed by atoms with Gasteiger partial charge >= 0.3 is 0 Å². The van der Waals surface area contributed by atoms with Crippen LogP contribution in [-0.2, 0) is 9.59 Å². The molecule has 1 aromatic carbocycles. The van der Waals surface area contributed by atoms with Gasteiger partial charge in [0.05, 0.1) is 18.3 Å². The number of benzene rings is 1. The van der Waals surface area contributed by atoms with Gasteiger partial charge in [-0.1, -0.05) is 30.3 Å². The highest BCUT2D eigenvalue weighted by molar-refractivity contribution is 7.98. The number of carboxylic acid groups (broad SMARTS) is 1. The van der Waals surface area contributed by atoms with Gasteiger partial charge in [-0.15, -0.1) is 0 Å². The number of hydrogen-bond donors (Lipinski definition) is 2. The molecule has 0 spiro atoms. The maximum absolute atomic E-state index is 12.6. The summed E-state index contributed by atoms with van der Waals surface area (Å²) in [4.78, 5) is 36.1. The van der Waals surface area contributed by atoms with Gasteiger partial charge < -0.3 is 25.0 Å². The van der Waals surface area contributed by atoms with E-state index in [2.05, 4.69) is 10.6 Å². The third kappa shape index (κ3) is 6.34. The minimum atomic E-state index is -1.38. The largest absolute Gasteiger partial charge is 0.548 e. The molecule has 7 nitrogen and oxygen atoms in total. The predicted octanol–water partition coefficient (Wildman–Crippen LogP) is 1.04. The lowest BCUT2D eigenvalue weighted by Gasteiger charge is -2.20. The molecule has 2 rings (SSSR count). The number of carbonyl (C=O) groups is 3. The van der Waals surface area contributed by atoms with Gasteiger partial charge in [-0.2, -0.15) is 11.8 Å². The molecule has 0 aliphatic rings. The second kappa shape index (κ2) is 10.2. The van der Waals surface area contributed by atoms with Crippen molar-refractivity contribution in [3.8, 4) is 0 Å². The van der Waals surface area contributed by atoms with Crippen LogP contribution in [0.2, 0.25) is 0 Å². The quantitative estimate of drug-likeness (QED) is 0.622. The number of rotatable bonds is 9. The van der Waals surface area contributed by atoms with E-state index in [-0.39, 0.29) is 17.9 Å². The fourth-order valence-corrected chi connectivity index (χ4v) is 2.66. The summed E-state index contributed by atoms with van der Waals surface area (Å²) in [6, 6.07) is 10.7. The number of carbonyl (C=O) groups excluding carboxylic acids is 3. The van der Waals surface area contributed by atoms with Gasteiger partial charge in [-0.3, -0.25) is 9.59 Å². The molecular weight excluding hydrogens is 368 g/mol. The van der Waals surface area contributed by atoms with Crippen LogP contribution in [0.1, 0.15) is 22.5 Å². The van der Waals surface area contributed by atoms with Crippen molar-refractivity contribution in [2.75, 3.05) is 12.0 Å². The van der Waals surface area contributed by atoms with E-state index in [1.165, 1.54) is 30.2 Å². The van der Waals surface area contributed by atoms with Crippen LogP contribution < -0.4 is 15.7 Å². The van der Waals surface area contributed by atoms with Crippen LogP contribution in [0.4, 0.5) is 0 Å². The van der Waals surface area contributed by atoms with E-state index in [4.69, 9.17) is 4.42 Å². The molecule has 1 atom stereocenters. The second-order valence-corrected chi connectivity index (χ2v) is 6.51. The molecule has 142 valence electrons. The first kappa shape index (κ1) is 20.3. The Hall–Kier alpha value is -3.00. The molecule has 0 saturated heterocycles. The molecule has 8 heteroatoms. The lowest BCUT2D eigenvalue weighted by atomic mass is 10.1. The summed E-state index contributed by atoms with van der Waals surface area (Å²) >= 11 is 1.46. The maximum Gasteiger partial charge on any atom is 0.291 e. The van der Waals surface area contributed by atoms with Crippen LogP contribution in [0, 0.1) is 0 Å². The smallest absolute Gasteiger partial charge is 0.291 e. The Bertz CT molecular complexity index is 803. The monoisotopic (exact) mass is 387 g/mol. The average Bonchev–Trinajstić information content (AvgIpc) is 3.20. The molecule has 1 aromatic heterocycles. The Morgan fingerprint density at radius 3 is 2.52 bits per heavy atom. The predicted molar refractivity (Wildman–Crippen MR) is 101 cm³/mol. The SMILES string of the molecule is CSCC[C@H](NC(=O)/C(=C\c1ccccc1)NC(=O)c1ccco1)C(=O)[O-]. The van der Waals surface area contributed by atoms with E-state index in [1.54, 1.807) is 30.3 Å². The number of hydrogen-bond acceptors (Lipinski definition) is 6. The number of furan rings is 1. The molecule has 2 aromatic rings. The molecule has 0 aliphatic carbocycles. The third-order valence-electron chi connectivity index (χ3n) is 3.55. The zero-order chi connectivity index (χ0) is 19.6. The Balaban J connectivity index is 2.22. The fourth-order valence-electron chi connectivity index (χ4n) is 2.19. The fraction of sp³-hybridized carbons (Fsp3) is 0.211. The molecule has 0 unspecified atom stereocenters. The van der Waals surface area contributed by atoms with E-state index >= 15 is 0 Å². The van der Waals surface area contributed by atoms with E-state index in [0.29, 0.717) is 11.3 Å². The average molecular weight is 387 g/mol. The lowest BCUT2D eigenvalue weighted by molar-refractivity contribution is -0.308. The summed E-state index contributed by atoms with van der Waals surface area (Å²) < 4.78 is 5.02. The molecule has 27 heavy (non-hydrogen) atoms. The van der Waals surface area contributed by atoms with Gasteiger partial charge in [0.1, 0.15) is 5.70 Å². The number of nitrogens with one attached hydrogen (secondary N) is 2. The zero-order valence-electron chi connectivity index (χ0n) is 14.6.